The molecule has 3 N–H and O–H groups in total. The van der Waals surface area contributed by atoms with Crippen LogP contribution in [0, 0.1) is 6.92 Å². The summed E-state index contributed by atoms with van der Waals surface area (Å²) in [6.07, 6.45) is 1.14. The summed E-state index contributed by atoms with van der Waals surface area (Å²) in [5.74, 6) is -4.14. The standard InChI is InChI=1S/C21H20N2O6/c1-12-7-9-13(10-8-12)23-17-14(18(24)25)5-4-6-16(17)22-11-15-19(26)28-21(2,3)29-20(15)27/h4-11,22-23H,1-3H3,(H,24,25). The molecule has 1 aliphatic heterocycles. The van der Waals surface area contributed by atoms with Gasteiger partial charge in [0.2, 0.25) is 0 Å². The van der Waals surface area contributed by atoms with Crippen molar-refractivity contribution in [3.63, 3.8) is 0 Å². The largest absolute Gasteiger partial charge is 0.478 e. The van der Waals surface area contributed by atoms with Crippen LogP contribution in [0.4, 0.5) is 17.1 Å². The van der Waals surface area contributed by atoms with Gasteiger partial charge in [-0.2, -0.15) is 0 Å². The van der Waals surface area contributed by atoms with Crippen molar-refractivity contribution in [3.8, 4) is 0 Å². The third-order valence-corrected chi connectivity index (χ3v) is 4.10. The number of carboxylic acids is 1. The summed E-state index contributed by atoms with van der Waals surface area (Å²) in [5.41, 5.74) is 2.05. The van der Waals surface area contributed by atoms with Crippen molar-refractivity contribution in [2.24, 2.45) is 0 Å². The number of benzene rings is 2. The lowest BCUT2D eigenvalue weighted by Gasteiger charge is -2.29. The van der Waals surface area contributed by atoms with Gasteiger partial charge < -0.3 is 25.2 Å². The molecule has 1 aliphatic rings. The Morgan fingerprint density at radius 1 is 1.03 bits per heavy atom. The molecule has 2 aromatic rings. The molecule has 29 heavy (non-hydrogen) atoms. The lowest BCUT2D eigenvalue weighted by molar-refractivity contribution is -0.222. The van der Waals surface area contributed by atoms with Crippen molar-refractivity contribution < 1.29 is 29.0 Å². The fourth-order valence-corrected chi connectivity index (χ4v) is 2.70. The highest BCUT2D eigenvalue weighted by atomic mass is 16.7. The number of nitrogens with one attached hydrogen (secondary N) is 2. The van der Waals surface area contributed by atoms with Crippen LogP contribution in [0.5, 0.6) is 0 Å². The topological polar surface area (TPSA) is 114 Å². The summed E-state index contributed by atoms with van der Waals surface area (Å²) in [6, 6.07) is 12.0. The van der Waals surface area contributed by atoms with Gasteiger partial charge in [-0.25, -0.2) is 14.4 Å². The Kier molecular flexibility index (Phi) is 5.27. The van der Waals surface area contributed by atoms with Crippen LogP contribution in [0.15, 0.2) is 54.2 Å². The zero-order chi connectivity index (χ0) is 21.2. The number of cyclic esters (lactones) is 2. The molecule has 0 saturated carbocycles. The van der Waals surface area contributed by atoms with Crippen molar-refractivity contribution in [3.05, 3.63) is 65.4 Å². The van der Waals surface area contributed by atoms with Crippen LogP contribution < -0.4 is 10.6 Å². The van der Waals surface area contributed by atoms with Gasteiger partial charge >= 0.3 is 17.9 Å². The summed E-state index contributed by atoms with van der Waals surface area (Å²) in [4.78, 5) is 35.8. The number of anilines is 3. The van der Waals surface area contributed by atoms with Crippen LogP contribution in [-0.4, -0.2) is 28.8 Å². The summed E-state index contributed by atoms with van der Waals surface area (Å²) < 4.78 is 10.1. The fraction of sp³-hybridized carbons (Fsp3) is 0.190. The molecular weight excluding hydrogens is 376 g/mol. The molecule has 0 aliphatic carbocycles. The second-order valence-electron chi connectivity index (χ2n) is 6.91. The summed E-state index contributed by atoms with van der Waals surface area (Å²) in [7, 11) is 0. The third kappa shape index (κ3) is 4.55. The van der Waals surface area contributed by atoms with Crippen LogP contribution >= 0.6 is 0 Å². The predicted molar refractivity (Wildman–Crippen MR) is 106 cm³/mol. The van der Waals surface area contributed by atoms with Crippen molar-refractivity contribution in [2.45, 2.75) is 26.6 Å². The van der Waals surface area contributed by atoms with E-state index in [0.29, 0.717) is 11.4 Å². The highest BCUT2D eigenvalue weighted by Gasteiger charge is 2.39. The molecule has 0 unspecified atom stereocenters. The summed E-state index contributed by atoms with van der Waals surface area (Å²) in [5, 5.41) is 15.4. The second-order valence-corrected chi connectivity index (χ2v) is 6.91. The first-order valence-corrected chi connectivity index (χ1v) is 8.80. The zero-order valence-electron chi connectivity index (χ0n) is 16.1. The number of carbonyl (C=O) groups is 3. The van der Waals surface area contributed by atoms with Crippen molar-refractivity contribution in [2.75, 3.05) is 10.6 Å². The minimum Gasteiger partial charge on any atom is -0.478 e. The number of aromatic carboxylic acids is 1. The highest BCUT2D eigenvalue weighted by Crippen LogP contribution is 2.31. The molecule has 2 aromatic carbocycles. The number of ether oxygens (including phenoxy) is 2. The maximum absolute atomic E-state index is 12.1. The van der Waals surface area contributed by atoms with Gasteiger partial charge in [-0.1, -0.05) is 23.8 Å². The van der Waals surface area contributed by atoms with E-state index in [1.807, 2.05) is 31.2 Å². The average Bonchev–Trinajstić information content (AvgIpc) is 2.62. The summed E-state index contributed by atoms with van der Waals surface area (Å²) >= 11 is 0. The van der Waals surface area contributed by atoms with E-state index in [0.717, 1.165) is 11.8 Å². The van der Waals surface area contributed by atoms with Crippen LogP contribution in [0.25, 0.3) is 0 Å². The smallest absolute Gasteiger partial charge is 0.350 e. The van der Waals surface area contributed by atoms with Gasteiger partial charge in [0.25, 0.3) is 5.79 Å². The van der Waals surface area contributed by atoms with Crippen molar-refractivity contribution in [1.29, 1.82) is 0 Å². The van der Waals surface area contributed by atoms with E-state index in [1.54, 1.807) is 12.1 Å². The minimum atomic E-state index is -1.34. The Hall–Kier alpha value is -3.81. The van der Waals surface area contributed by atoms with Gasteiger partial charge in [-0.3, -0.25) is 0 Å². The monoisotopic (exact) mass is 396 g/mol. The Morgan fingerprint density at radius 3 is 2.24 bits per heavy atom. The van der Waals surface area contributed by atoms with Gasteiger partial charge in [0, 0.05) is 25.7 Å². The first kappa shape index (κ1) is 19.9. The molecule has 0 aromatic heterocycles. The Morgan fingerprint density at radius 2 is 1.66 bits per heavy atom. The quantitative estimate of drug-likeness (QED) is 0.399. The SMILES string of the molecule is Cc1ccc(Nc2c(NC=C3C(=O)OC(C)(C)OC3=O)cccc2C(=O)O)cc1. The van der Waals surface area contributed by atoms with E-state index in [1.165, 1.54) is 19.9 Å². The van der Waals surface area contributed by atoms with Crippen LogP contribution in [0.3, 0.4) is 0 Å². The maximum Gasteiger partial charge on any atom is 0.350 e. The number of rotatable bonds is 5. The van der Waals surface area contributed by atoms with E-state index >= 15 is 0 Å². The van der Waals surface area contributed by atoms with Gasteiger partial charge in [-0.05, 0) is 31.2 Å². The molecule has 1 fully saturated rings. The molecule has 8 heteroatoms. The number of aryl methyl sites for hydroxylation is 1. The van der Waals surface area contributed by atoms with E-state index in [-0.39, 0.29) is 16.8 Å². The Labute approximate surface area is 167 Å². The average molecular weight is 396 g/mol. The number of hydrogen-bond donors (Lipinski definition) is 3. The molecule has 0 amide bonds. The van der Waals surface area contributed by atoms with Gasteiger partial charge in [-0.15, -0.1) is 0 Å². The first-order valence-electron chi connectivity index (χ1n) is 8.80. The predicted octanol–water partition coefficient (Wildman–Crippen LogP) is 3.57. The minimum absolute atomic E-state index is 0.0175. The molecule has 1 heterocycles. The van der Waals surface area contributed by atoms with E-state index in [4.69, 9.17) is 9.47 Å². The number of esters is 2. The first-order chi connectivity index (χ1) is 13.7. The molecule has 0 spiro atoms. The van der Waals surface area contributed by atoms with E-state index in [2.05, 4.69) is 10.6 Å². The van der Waals surface area contributed by atoms with Gasteiger partial charge in [0.15, 0.2) is 5.57 Å². The molecule has 0 atom stereocenters. The van der Waals surface area contributed by atoms with Crippen LogP contribution in [0.2, 0.25) is 0 Å². The molecular formula is C21H20N2O6. The molecule has 150 valence electrons. The number of hydrogen-bond acceptors (Lipinski definition) is 7. The van der Waals surface area contributed by atoms with Crippen LogP contribution in [0.1, 0.15) is 29.8 Å². The third-order valence-electron chi connectivity index (χ3n) is 4.10. The van der Waals surface area contributed by atoms with Crippen molar-refractivity contribution in [1.82, 2.24) is 0 Å². The Bertz CT molecular complexity index is 986. The summed E-state index contributed by atoms with van der Waals surface area (Å²) in [6.45, 7) is 4.84. The van der Waals surface area contributed by atoms with E-state index < -0.39 is 23.7 Å². The maximum atomic E-state index is 12.1. The zero-order valence-corrected chi connectivity index (χ0v) is 16.1. The lowest BCUT2D eigenvalue weighted by Crippen LogP contribution is -2.42. The number of carboxylic acid groups (broad SMARTS) is 1. The highest BCUT2D eigenvalue weighted by molar-refractivity contribution is 6.15. The van der Waals surface area contributed by atoms with Crippen LogP contribution in [-0.2, 0) is 19.1 Å². The van der Waals surface area contributed by atoms with Gasteiger partial charge in [0.05, 0.1) is 16.9 Å². The lowest BCUT2D eigenvalue weighted by atomic mass is 10.1. The fourth-order valence-electron chi connectivity index (χ4n) is 2.70. The van der Waals surface area contributed by atoms with Gasteiger partial charge in [0.1, 0.15) is 0 Å². The molecule has 1 saturated heterocycles. The van der Waals surface area contributed by atoms with E-state index in [9.17, 15) is 19.5 Å². The molecule has 3 rings (SSSR count). The second kappa shape index (κ2) is 7.67. The molecule has 0 radical (unpaired) electrons. The normalized spacial score (nSPS) is 15.2. The number of carbonyl (C=O) groups excluding carboxylic acids is 2. The molecule has 8 nitrogen and oxygen atoms in total. The Balaban J connectivity index is 1.94. The number of para-hydroxylation sites is 1. The van der Waals surface area contributed by atoms with Crippen molar-refractivity contribution >= 4 is 35.0 Å². The molecule has 0 bridgehead atoms.